The number of benzene rings is 3. The maximum absolute atomic E-state index is 12.9. The van der Waals surface area contributed by atoms with Crippen LogP contribution in [0.25, 0.3) is 10.8 Å². The van der Waals surface area contributed by atoms with Crippen molar-refractivity contribution in [3.05, 3.63) is 77.9 Å². The lowest BCUT2D eigenvalue weighted by Gasteiger charge is -2.25. The van der Waals surface area contributed by atoms with E-state index in [1.54, 1.807) is 7.11 Å². The lowest BCUT2D eigenvalue weighted by molar-refractivity contribution is 0.0937. The molecule has 1 saturated heterocycles. The number of carbonyl (C=O) groups excluding carboxylic acids is 1. The molecule has 1 atom stereocenters. The van der Waals surface area contributed by atoms with Gasteiger partial charge < -0.3 is 10.1 Å². The number of hydrogen-bond acceptors (Lipinski definition) is 3. The minimum absolute atomic E-state index is 0. The highest BCUT2D eigenvalue weighted by molar-refractivity contribution is 6.03. The van der Waals surface area contributed by atoms with Crippen LogP contribution in [0.4, 0.5) is 0 Å². The van der Waals surface area contributed by atoms with Crippen LogP contribution < -0.4 is 10.1 Å². The van der Waals surface area contributed by atoms with Crippen molar-refractivity contribution in [2.24, 2.45) is 0 Å². The van der Waals surface area contributed by atoms with Crippen LogP contribution in [0.1, 0.15) is 28.8 Å². The molecule has 4 nitrogen and oxygen atoms in total. The van der Waals surface area contributed by atoms with Crippen LogP contribution >= 0.6 is 12.4 Å². The van der Waals surface area contributed by atoms with Crippen LogP contribution in [0.15, 0.2) is 66.7 Å². The van der Waals surface area contributed by atoms with Gasteiger partial charge in [-0.3, -0.25) is 9.69 Å². The third-order valence-corrected chi connectivity index (χ3v) is 5.55. The maximum atomic E-state index is 12.9. The van der Waals surface area contributed by atoms with Gasteiger partial charge in [-0.2, -0.15) is 0 Å². The number of methoxy groups -OCH3 is 1. The second kappa shape index (κ2) is 9.77. The molecule has 0 radical (unpaired) electrons. The highest BCUT2D eigenvalue weighted by Gasteiger charge is 2.25. The average molecular weight is 411 g/mol. The topological polar surface area (TPSA) is 41.6 Å². The van der Waals surface area contributed by atoms with Crippen molar-refractivity contribution < 1.29 is 9.53 Å². The highest BCUT2D eigenvalue weighted by Crippen LogP contribution is 2.29. The number of likely N-dealkylation sites (tertiary alicyclic amines) is 1. The van der Waals surface area contributed by atoms with E-state index >= 15 is 0 Å². The Morgan fingerprint density at radius 1 is 1.07 bits per heavy atom. The van der Waals surface area contributed by atoms with Gasteiger partial charge >= 0.3 is 0 Å². The molecule has 1 unspecified atom stereocenters. The molecular weight excluding hydrogens is 384 g/mol. The van der Waals surface area contributed by atoms with E-state index < -0.39 is 0 Å². The fourth-order valence-corrected chi connectivity index (χ4v) is 4.10. The first-order valence-corrected chi connectivity index (χ1v) is 9.88. The molecule has 0 aromatic heterocycles. The smallest absolute Gasteiger partial charge is 0.255 e. The van der Waals surface area contributed by atoms with E-state index in [9.17, 15) is 4.79 Å². The summed E-state index contributed by atoms with van der Waals surface area (Å²) < 4.78 is 5.58. The van der Waals surface area contributed by atoms with Crippen LogP contribution in [-0.4, -0.2) is 37.0 Å². The fourth-order valence-electron chi connectivity index (χ4n) is 4.10. The molecule has 0 bridgehead atoms. The molecule has 0 aliphatic carbocycles. The molecule has 4 rings (SSSR count). The van der Waals surface area contributed by atoms with Gasteiger partial charge in [0.05, 0.1) is 12.7 Å². The van der Waals surface area contributed by atoms with Crippen molar-refractivity contribution in [3.8, 4) is 5.75 Å². The van der Waals surface area contributed by atoms with E-state index in [1.165, 1.54) is 12.0 Å². The molecular formula is C24H27ClN2O2. The molecule has 0 spiro atoms. The number of rotatable bonds is 6. The number of hydrogen-bond donors (Lipinski definition) is 1. The van der Waals surface area contributed by atoms with Gasteiger partial charge in [0.15, 0.2) is 0 Å². The molecule has 152 valence electrons. The van der Waals surface area contributed by atoms with Crippen LogP contribution in [0.3, 0.4) is 0 Å². The van der Waals surface area contributed by atoms with Gasteiger partial charge in [-0.1, -0.05) is 60.7 Å². The second-order valence-electron chi connectivity index (χ2n) is 7.33. The monoisotopic (exact) mass is 410 g/mol. The second-order valence-corrected chi connectivity index (χ2v) is 7.33. The Kier molecular flexibility index (Phi) is 7.13. The Morgan fingerprint density at radius 2 is 1.83 bits per heavy atom. The Hall–Kier alpha value is -2.56. The SMILES string of the molecule is COc1c(C(=O)NCC2CCCN2Cc2ccccc2)ccc2ccccc12.Cl. The van der Waals surface area contributed by atoms with E-state index in [4.69, 9.17) is 4.74 Å². The standard InChI is InChI=1S/C24H26N2O2.ClH/c1-28-23-21-12-6-5-10-19(21)13-14-22(23)24(27)25-16-20-11-7-15-26(20)17-18-8-3-2-4-9-18;/h2-6,8-10,12-14,20H,7,11,15-17H2,1H3,(H,25,27);1H. The summed E-state index contributed by atoms with van der Waals surface area (Å²) in [5, 5.41) is 5.17. The lowest BCUT2D eigenvalue weighted by atomic mass is 10.0. The minimum atomic E-state index is -0.0748. The van der Waals surface area contributed by atoms with Crippen molar-refractivity contribution in [1.29, 1.82) is 0 Å². The Balaban J connectivity index is 0.00000240. The maximum Gasteiger partial charge on any atom is 0.255 e. The Bertz CT molecular complexity index is 962. The number of amides is 1. The molecule has 1 amide bonds. The summed E-state index contributed by atoms with van der Waals surface area (Å²) in [6.45, 7) is 2.66. The molecule has 3 aromatic rings. The number of nitrogens with zero attached hydrogens (tertiary/aromatic N) is 1. The van der Waals surface area contributed by atoms with Gasteiger partial charge in [-0.05, 0) is 36.4 Å². The normalized spacial score (nSPS) is 16.4. The van der Waals surface area contributed by atoms with Crippen LogP contribution in [0.5, 0.6) is 5.75 Å². The molecule has 1 aliphatic heterocycles. The van der Waals surface area contributed by atoms with Crippen molar-refractivity contribution in [2.45, 2.75) is 25.4 Å². The fraction of sp³-hybridized carbons (Fsp3) is 0.292. The Morgan fingerprint density at radius 3 is 2.62 bits per heavy atom. The van der Waals surface area contributed by atoms with Gasteiger partial charge in [0.2, 0.25) is 0 Å². The number of carbonyl (C=O) groups is 1. The minimum Gasteiger partial charge on any atom is -0.495 e. The summed E-state index contributed by atoms with van der Waals surface area (Å²) in [5.74, 6) is 0.567. The van der Waals surface area contributed by atoms with Gasteiger partial charge in [0, 0.05) is 24.5 Å². The first-order chi connectivity index (χ1) is 13.8. The summed E-state index contributed by atoms with van der Waals surface area (Å²) in [6.07, 6.45) is 2.29. The Labute approximate surface area is 178 Å². The summed E-state index contributed by atoms with van der Waals surface area (Å²) >= 11 is 0. The predicted molar refractivity (Wildman–Crippen MR) is 120 cm³/mol. The number of fused-ring (bicyclic) bond motifs is 1. The summed E-state index contributed by atoms with van der Waals surface area (Å²) in [7, 11) is 1.62. The van der Waals surface area contributed by atoms with Crippen LogP contribution in [0.2, 0.25) is 0 Å². The average Bonchev–Trinajstić information content (AvgIpc) is 3.18. The van der Waals surface area contributed by atoms with E-state index in [1.807, 2.05) is 42.5 Å². The molecule has 29 heavy (non-hydrogen) atoms. The number of ether oxygens (including phenoxy) is 1. The van der Waals surface area contributed by atoms with Crippen molar-refractivity contribution in [3.63, 3.8) is 0 Å². The molecule has 3 aromatic carbocycles. The van der Waals surface area contributed by atoms with Gasteiger partial charge in [-0.15, -0.1) is 12.4 Å². The largest absolute Gasteiger partial charge is 0.495 e. The van der Waals surface area contributed by atoms with E-state index in [2.05, 4.69) is 34.5 Å². The zero-order valence-corrected chi connectivity index (χ0v) is 17.5. The van der Waals surface area contributed by atoms with E-state index in [0.717, 1.165) is 30.3 Å². The lowest BCUT2D eigenvalue weighted by Crippen LogP contribution is -2.39. The zero-order valence-electron chi connectivity index (χ0n) is 16.6. The summed E-state index contributed by atoms with van der Waals surface area (Å²) in [5.41, 5.74) is 1.91. The van der Waals surface area contributed by atoms with Gasteiger partial charge in [0.1, 0.15) is 5.75 Å². The first kappa shape index (κ1) is 21.2. The molecule has 1 fully saturated rings. The van der Waals surface area contributed by atoms with Gasteiger partial charge in [0.25, 0.3) is 5.91 Å². The number of nitrogens with one attached hydrogen (secondary N) is 1. The summed E-state index contributed by atoms with van der Waals surface area (Å²) in [4.78, 5) is 15.3. The molecule has 1 N–H and O–H groups in total. The van der Waals surface area contributed by atoms with Crippen molar-refractivity contribution in [1.82, 2.24) is 10.2 Å². The highest BCUT2D eigenvalue weighted by atomic mass is 35.5. The zero-order chi connectivity index (χ0) is 19.3. The van der Waals surface area contributed by atoms with E-state index in [0.29, 0.717) is 23.9 Å². The van der Waals surface area contributed by atoms with Gasteiger partial charge in [-0.25, -0.2) is 0 Å². The summed E-state index contributed by atoms with van der Waals surface area (Å²) in [6, 6.07) is 22.7. The predicted octanol–water partition coefficient (Wildman–Crippen LogP) is 4.66. The van der Waals surface area contributed by atoms with Crippen LogP contribution in [-0.2, 0) is 6.54 Å². The molecule has 1 aliphatic rings. The molecule has 5 heteroatoms. The quantitative estimate of drug-likeness (QED) is 0.642. The molecule has 1 heterocycles. The first-order valence-electron chi connectivity index (χ1n) is 9.88. The van der Waals surface area contributed by atoms with Crippen LogP contribution in [0, 0.1) is 0 Å². The van der Waals surface area contributed by atoms with Crippen molar-refractivity contribution in [2.75, 3.05) is 20.2 Å². The molecule has 0 saturated carbocycles. The number of halogens is 1. The van der Waals surface area contributed by atoms with Crippen molar-refractivity contribution >= 4 is 29.1 Å². The van der Waals surface area contributed by atoms with E-state index in [-0.39, 0.29) is 18.3 Å². The third-order valence-electron chi connectivity index (χ3n) is 5.55. The third kappa shape index (κ3) is 4.72.